The third-order valence-corrected chi connectivity index (χ3v) is 8.88. The molecule has 10 heteroatoms. The predicted octanol–water partition coefficient (Wildman–Crippen LogP) is 3.79. The number of fused-ring (bicyclic) bond motifs is 3. The van der Waals surface area contributed by atoms with Crippen LogP contribution in [0, 0.1) is 0 Å². The molecule has 0 saturated heterocycles. The number of carbonyl (C=O) groups is 2. The van der Waals surface area contributed by atoms with Crippen molar-refractivity contribution >= 4 is 33.2 Å². The van der Waals surface area contributed by atoms with Crippen LogP contribution in [0.1, 0.15) is 51.1 Å². The van der Waals surface area contributed by atoms with Gasteiger partial charge in [0.2, 0.25) is 0 Å². The number of nitrogens with zero attached hydrogens (tertiary/aromatic N) is 2. The molecule has 200 valence electrons. The van der Waals surface area contributed by atoms with Crippen LogP contribution < -0.4 is 15.4 Å². The summed E-state index contributed by atoms with van der Waals surface area (Å²) in [7, 11) is -4.05. The zero-order valence-corrected chi connectivity index (χ0v) is 22.2. The number of urea groups is 1. The van der Waals surface area contributed by atoms with Crippen molar-refractivity contribution in [1.82, 2.24) is 19.4 Å². The van der Waals surface area contributed by atoms with Gasteiger partial charge in [0.25, 0.3) is 15.9 Å². The maximum atomic E-state index is 12.9. The van der Waals surface area contributed by atoms with Crippen LogP contribution in [0.2, 0.25) is 0 Å². The molecule has 2 heterocycles. The number of anilines is 1. The van der Waals surface area contributed by atoms with E-state index < -0.39 is 16.1 Å². The van der Waals surface area contributed by atoms with Crippen molar-refractivity contribution in [2.75, 3.05) is 11.9 Å². The van der Waals surface area contributed by atoms with Gasteiger partial charge in [0.1, 0.15) is 6.33 Å². The van der Waals surface area contributed by atoms with E-state index in [1.807, 2.05) is 24.4 Å². The zero-order valence-electron chi connectivity index (χ0n) is 21.4. The van der Waals surface area contributed by atoms with E-state index in [1.54, 1.807) is 22.9 Å². The predicted molar refractivity (Wildman–Crippen MR) is 148 cm³/mol. The highest BCUT2D eigenvalue weighted by Crippen LogP contribution is 2.38. The van der Waals surface area contributed by atoms with Gasteiger partial charge in [-0.2, -0.15) is 0 Å². The number of sulfonamides is 1. The highest BCUT2D eigenvalue weighted by molar-refractivity contribution is 7.90. The van der Waals surface area contributed by atoms with E-state index in [0.29, 0.717) is 18.7 Å². The van der Waals surface area contributed by atoms with Gasteiger partial charge < -0.3 is 15.0 Å². The Morgan fingerprint density at radius 1 is 0.923 bits per heavy atom. The minimum Gasteiger partial charge on any atom is -0.350 e. The Labute approximate surface area is 226 Å². The van der Waals surface area contributed by atoms with E-state index >= 15 is 0 Å². The summed E-state index contributed by atoms with van der Waals surface area (Å²) in [4.78, 5) is 29.5. The van der Waals surface area contributed by atoms with E-state index in [4.69, 9.17) is 0 Å². The number of hydrogen-bond acceptors (Lipinski definition) is 5. The summed E-state index contributed by atoms with van der Waals surface area (Å²) in [6.45, 7) is 0.364. The quantitative estimate of drug-likeness (QED) is 0.327. The van der Waals surface area contributed by atoms with Crippen molar-refractivity contribution in [3.05, 3.63) is 94.6 Å². The summed E-state index contributed by atoms with van der Waals surface area (Å²) >= 11 is 0. The monoisotopic (exact) mass is 543 g/mol. The molecular formula is C29H29N5O4S. The fourth-order valence-electron chi connectivity index (χ4n) is 5.64. The molecule has 0 radical (unpaired) electrons. The minimum absolute atomic E-state index is 0.00145. The average molecular weight is 544 g/mol. The summed E-state index contributed by atoms with van der Waals surface area (Å²) in [6.07, 6.45) is 9.80. The van der Waals surface area contributed by atoms with Gasteiger partial charge >= 0.3 is 6.03 Å². The molecule has 4 aromatic rings. The number of nitrogens with one attached hydrogen (secondary N) is 3. The van der Waals surface area contributed by atoms with Crippen LogP contribution in [0.5, 0.6) is 0 Å². The van der Waals surface area contributed by atoms with Gasteiger partial charge in [-0.25, -0.2) is 22.9 Å². The normalized spacial score (nSPS) is 14.2. The highest BCUT2D eigenvalue weighted by Gasteiger charge is 2.26. The maximum absolute atomic E-state index is 12.9. The summed E-state index contributed by atoms with van der Waals surface area (Å²) < 4.78 is 29.8. The Hall–Kier alpha value is -4.18. The fraction of sp³-hybridized carbons (Fsp3) is 0.276. The molecule has 0 unspecified atom stereocenters. The number of aromatic nitrogens is 2. The number of imidazole rings is 1. The van der Waals surface area contributed by atoms with Crippen molar-refractivity contribution in [2.24, 2.45) is 0 Å². The van der Waals surface area contributed by atoms with Gasteiger partial charge in [-0.15, -0.1) is 0 Å². The third kappa shape index (κ3) is 4.99. The highest BCUT2D eigenvalue weighted by atomic mass is 32.2. The molecule has 3 amide bonds. The van der Waals surface area contributed by atoms with E-state index in [-0.39, 0.29) is 10.8 Å². The summed E-state index contributed by atoms with van der Waals surface area (Å²) in [6, 6.07) is 13.3. The lowest BCUT2D eigenvalue weighted by molar-refractivity contribution is 0.0951. The van der Waals surface area contributed by atoms with Crippen LogP contribution in [0.25, 0.3) is 5.52 Å². The van der Waals surface area contributed by atoms with Gasteiger partial charge in [-0.3, -0.25) is 4.79 Å². The standard InChI is InChI=1S/C29H29N5O4S/c35-28(27-25-9-1-2-16-34(25)18-31-27)30-15-14-19-10-12-22(13-11-19)39(37,38)33-29(36)32-26-23-7-3-5-20(23)17-21-6-4-8-24(21)26/h1-2,9-13,16-18H,3-8,14-15H2,(H,30,35)(H2,32,33,36). The zero-order chi connectivity index (χ0) is 27.0. The van der Waals surface area contributed by atoms with Crippen LogP contribution in [-0.4, -0.2) is 36.3 Å². The largest absolute Gasteiger partial charge is 0.350 e. The van der Waals surface area contributed by atoms with Crippen LogP contribution in [-0.2, 0) is 42.1 Å². The van der Waals surface area contributed by atoms with Crippen molar-refractivity contribution in [3.63, 3.8) is 0 Å². The summed E-state index contributed by atoms with van der Waals surface area (Å²) in [5.41, 5.74) is 7.53. The number of aryl methyl sites for hydroxylation is 2. The average Bonchev–Trinajstić information content (AvgIpc) is 3.68. The Kier molecular flexibility index (Phi) is 6.56. The Balaban J connectivity index is 1.06. The third-order valence-electron chi connectivity index (χ3n) is 7.53. The number of pyridine rings is 1. The molecule has 6 rings (SSSR count). The van der Waals surface area contributed by atoms with Crippen LogP contribution >= 0.6 is 0 Å². The van der Waals surface area contributed by atoms with E-state index in [1.165, 1.54) is 23.3 Å². The minimum atomic E-state index is -4.05. The van der Waals surface area contributed by atoms with Gasteiger partial charge in [-0.05, 0) is 97.0 Å². The second-order valence-corrected chi connectivity index (χ2v) is 11.7. The van der Waals surface area contributed by atoms with Crippen molar-refractivity contribution in [1.29, 1.82) is 0 Å². The number of hydrogen-bond donors (Lipinski definition) is 3. The first-order valence-corrected chi connectivity index (χ1v) is 14.7. The molecule has 0 fully saturated rings. The molecule has 0 bridgehead atoms. The fourth-order valence-corrected chi connectivity index (χ4v) is 6.55. The molecule has 9 nitrogen and oxygen atoms in total. The smallest absolute Gasteiger partial charge is 0.333 e. The number of carbonyl (C=O) groups excluding carboxylic acids is 2. The SMILES string of the molecule is O=C(Nc1c2c(cc3c1CCC3)CCC2)NS(=O)(=O)c1ccc(CCNC(=O)c2ncn3ccccc23)cc1. The first-order chi connectivity index (χ1) is 18.9. The molecule has 0 spiro atoms. The molecule has 39 heavy (non-hydrogen) atoms. The topological polar surface area (TPSA) is 122 Å². The molecule has 0 saturated carbocycles. The molecule has 2 aromatic heterocycles. The lowest BCUT2D eigenvalue weighted by atomic mass is 9.99. The maximum Gasteiger partial charge on any atom is 0.333 e. The molecule has 0 aliphatic heterocycles. The van der Waals surface area contributed by atoms with Crippen LogP contribution in [0.4, 0.5) is 10.5 Å². The summed E-state index contributed by atoms with van der Waals surface area (Å²) in [5, 5.41) is 5.72. The molecule has 2 aliphatic carbocycles. The Bertz CT molecular complexity index is 1660. The number of amides is 3. The van der Waals surface area contributed by atoms with Crippen LogP contribution in [0.15, 0.2) is 66.0 Å². The second kappa shape index (κ2) is 10.2. The molecule has 0 atom stereocenters. The molecular weight excluding hydrogens is 514 g/mol. The lowest BCUT2D eigenvalue weighted by Gasteiger charge is -2.16. The van der Waals surface area contributed by atoms with Gasteiger partial charge in [0, 0.05) is 18.4 Å². The van der Waals surface area contributed by atoms with Crippen molar-refractivity contribution < 1.29 is 18.0 Å². The van der Waals surface area contributed by atoms with Gasteiger partial charge in [0.15, 0.2) is 5.69 Å². The van der Waals surface area contributed by atoms with E-state index in [0.717, 1.165) is 66.4 Å². The first-order valence-electron chi connectivity index (χ1n) is 13.2. The van der Waals surface area contributed by atoms with Crippen LogP contribution in [0.3, 0.4) is 0 Å². The number of rotatable bonds is 7. The molecule has 2 aromatic carbocycles. The Morgan fingerprint density at radius 3 is 2.36 bits per heavy atom. The molecule has 3 N–H and O–H groups in total. The lowest BCUT2D eigenvalue weighted by Crippen LogP contribution is -2.35. The van der Waals surface area contributed by atoms with Gasteiger partial charge in [0.05, 0.1) is 10.4 Å². The Morgan fingerprint density at radius 2 is 1.64 bits per heavy atom. The molecule has 2 aliphatic rings. The second-order valence-electron chi connectivity index (χ2n) is 10.0. The first kappa shape index (κ1) is 25.1. The van der Waals surface area contributed by atoms with Gasteiger partial charge in [-0.1, -0.05) is 24.3 Å². The van der Waals surface area contributed by atoms with Crippen molar-refractivity contribution in [2.45, 2.75) is 49.8 Å². The van der Waals surface area contributed by atoms with E-state index in [9.17, 15) is 18.0 Å². The van der Waals surface area contributed by atoms with Crippen molar-refractivity contribution in [3.8, 4) is 0 Å². The summed E-state index contributed by atoms with van der Waals surface area (Å²) in [5.74, 6) is -0.271. The van der Waals surface area contributed by atoms with E-state index in [2.05, 4.69) is 26.4 Å². The number of benzene rings is 2.